The van der Waals surface area contributed by atoms with Gasteiger partial charge in [-0.15, -0.1) is 0 Å². The first kappa shape index (κ1) is 29.5. The molecule has 0 aliphatic heterocycles. The van der Waals surface area contributed by atoms with Crippen molar-refractivity contribution in [2.24, 2.45) is 0 Å². The quantitative estimate of drug-likeness (QED) is 0.0839. The van der Waals surface area contributed by atoms with Gasteiger partial charge >= 0.3 is 28.5 Å². The third-order valence-corrected chi connectivity index (χ3v) is 4.90. The molecular weight excluding hydrogens is 564 g/mol. The molecule has 1 radical (unpaired) electrons. The molecule has 2 aliphatic carbocycles. The van der Waals surface area contributed by atoms with E-state index in [1.54, 1.807) is 24.8 Å². The molecule has 0 atom stereocenters. The Bertz CT molecular complexity index is 1410. The van der Waals surface area contributed by atoms with Crippen LogP contribution < -0.4 is 0 Å². The third-order valence-electron chi connectivity index (χ3n) is 4.90. The normalized spacial score (nSPS) is 10.4. The van der Waals surface area contributed by atoms with Crippen molar-refractivity contribution in [1.29, 1.82) is 0 Å². The molecule has 4 aromatic heterocycles. The minimum absolute atomic E-state index is 0. The van der Waals surface area contributed by atoms with Crippen molar-refractivity contribution in [1.82, 2.24) is 19.9 Å². The summed E-state index contributed by atoms with van der Waals surface area (Å²) in [5, 5.41) is 29.5. The van der Waals surface area contributed by atoms with E-state index in [9.17, 15) is 0 Å². The van der Waals surface area contributed by atoms with Crippen LogP contribution in [0.2, 0.25) is 0 Å². The van der Waals surface area contributed by atoms with Crippen LogP contribution in [0.25, 0.3) is 33.8 Å². The van der Waals surface area contributed by atoms with E-state index in [-0.39, 0.29) is 17.1 Å². The average molecular weight is 576 g/mol. The first-order valence-electron chi connectivity index (χ1n) is 10.2. The maximum absolute atomic E-state index is 8.99. The Hall–Kier alpha value is -5.72. The molecule has 197 valence electrons. The van der Waals surface area contributed by atoms with Gasteiger partial charge in [0.15, 0.2) is 0 Å². The van der Waals surface area contributed by atoms with Crippen molar-refractivity contribution in [3.8, 4) is 22.8 Å². The minimum Gasteiger partial charge on any atom is -0.361 e. The molecule has 0 bridgehead atoms. The molecule has 6 rings (SSSR count). The number of rotatable bonds is 0. The van der Waals surface area contributed by atoms with Crippen molar-refractivity contribution in [2.75, 3.05) is 0 Å². The van der Waals surface area contributed by atoms with E-state index in [0.29, 0.717) is 11.4 Å². The summed E-state index contributed by atoms with van der Waals surface area (Å²) in [4.78, 5) is 40.1. The van der Waals surface area contributed by atoms with Crippen molar-refractivity contribution in [3.05, 3.63) is 137 Å². The number of fused-ring (bicyclic) bond motifs is 6. The van der Waals surface area contributed by atoms with E-state index < -0.39 is 10.2 Å². The van der Waals surface area contributed by atoms with Gasteiger partial charge in [-0.05, 0) is 48.5 Å². The maximum Gasteiger partial charge on any atom is 2.00 e. The van der Waals surface area contributed by atoms with Gasteiger partial charge in [0.1, 0.15) is 22.8 Å². The van der Waals surface area contributed by atoms with Gasteiger partial charge in [-0.2, -0.15) is 9.58 Å². The third kappa shape index (κ3) is 6.74. The second-order valence-corrected chi connectivity index (χ2v) is 6.94. The van der Waals surface area contributed by atoms with E-state index in [1.807, 2.05) is 48.5 Å². The van der Waals surface area contributed by atoms with Gasteiger partial charge in [0.05, 0.1) is 32.4 Å². The molecule has 0 N–H and O–H groups in total. The molecular formula is C22H12CuN10O6. The molecule has 16 nitrogen and oxygen atoms in total. The van der Waals surface area contributed by atoms with Crippen molar-refractivity contribution >= 4 is 11.4 Å². The summed E-state index contributed by atoms with van der Waals surface area (Å²) in [6.45, 7) is 0. The van der Waals surface area contributed by atoms with Gasteiger partial charge in [-0.1, -0.05) is 0 Å². The van der Waals surface area contributed by atoms with Crippen LogP contribution in [0.3, 0.4) is 0 Å². The Morgan fingerprint density at radius 1 is 0.538 bits per heavy atom. The predicted molar refractivity (Wildman–Crippen MR) is 129 cm³/mol. The fraction of sp³-hybridized carbons (Fsp3) is 0. The van der Waals surface area contributed by atoms with Crippen molar-refractivity contribution < 1.29 is 36.8 Å². The molecule has 0 spiro atoms. The Balaban J connectivity index is 0.000000212. The number of nitrogens with zero attached hydrogens (tertiary/aromatic N) is 10. The van der Waals surface area contributed by atoms with Gasteiger partial charge in [0.2, 0.25) is 0 Å². The van der Waals surface area contributed by atoms with E-state index in [4.69, 9.17) is 41.7 Å². The summed E-state index contributed by atoms with van der Waals surface area (Å²) in [5.41, 5.74) is 25.5. The molecule has 4 aromatic rings. The van der Waals surface area contributed by atoms with Crippen LogP contribution in [0.4, 0.5) is 0 Å². The zero-order valence-electron chi connectivity index (χ0n) is 19.2. The summed E-state index contributed by atoms with van der Waals surface area (Å²) in [5.74, 6) is 0. The van der Waals surface area contributed by atoms with Crippen LogP contribution in [0.1, 0.15) is 22.3 Å². The van der Waals surface area contributed by atoms with Gasteiger partial charge in [-0.3, -0.25) is 19.9 Å². The Labute approximate surface area is 228 Å². The Morgan fingerprint density at radius 3 is 0.923 bits per heavy atom. The molecule has 2 aliphatic rings. The smallest absolute Gasteiger partial charge is 0.361 e. The van der Waals surface area contributed by atoms with Crippen LogP contribution in [0.5, 0.6) is 0 Å². The molecule has 0 saturated heterocycles. The standard InChI is InChI=1S/2C11H6N4.Cu.2NO3/c2*12-15-9-7-3-1-5-13-10(7)11-8(9)4-2-6-14-11;;2*2-1(3)4/h2*1-6H;;;/q;;+2;2*-1. The van der Waals surface area contributed by atoms with Crippen LogP contribution >= 0.6 is 0 Å². The summed E-state index contributed by atoms with van der Waals surface area (Å²) >= 11 is 0. The van der Waals surface area contributed by atoms with E-state index in [1.165, 1.54) is 0 Å². The van der Waals surface area contributed by atoms with Crippen LogP contribution in [0, 0.1) is 30.6 Å². The predicted octanol–water partition coefficient (Wildman–Crippen LogP) is 2.57. The summed E-state index contributed by atoms with van der Waals surface area (Å²) in [6, 6.07) is 14.8. The van der Waals surface area contributed by atoms with Crippen molar-refractivity contribution in [3.63, 3.8) is 0 Å². The fourth-order valence-corrected chi connectivity index (χ4v) is 3.65. The summed E-state index contributed by atoms with van der Waals surface area (Å²) in [7, 11) is 0. The topological polar surface area (TPSA) is 257 Å². The monoisotopic (exact) mass is 575 g/mol. The van der Waals surface area contributed by atoms with Crippen LogP contribution in [0.15, 0.2) is 73.3 Å². The number of hydrogen-bond donors (Lipinski definition) is 0. The minimum atomic E-state index is -1.75. The van der Waals surface area contributed by atoms with Crippen molar-refractivity contribution in [2.45, 2.75) is 0 Å². The van der Waals surface area contributed by atoms with E-state index >= 15 is 0 Å². The van der Waals surface area contributed by atoms with Crippen LogP contribution in [-0.4, -0.2) is 51.1 Å². The second kappa shape index (κ2) is 13.5. The van der Waals surface area contributed by atoms with Crippen LogP contribution in [-0.2, 0) is 17.1 Å². The summed E-state index contributed by atoms with van der Waals surface area (Å²) in [6.07, 6.45) is 6.82. The molecule has 17 heteroatoms. The molecule has 0 saturated carbocycles. The molecule has 0 unspecified atom stereocenters. The van der Waals surface area contributed by atoms with Gasteiger partial charge in [-0.25, -0.2) is 0 Å². The summed E-state index contributed by atoms with van der Waals surface area (Å²) < 4.78 is 0. The second-order valence-electron chi connectivity index (χ2n) is 6.94. The van der Waals surface area contributed by atoms with Gasteiger partial charge in [0.25, 0.3) is 0 Å². The Kier molecular flexibility index (Phi) is 10.3. The van der Waals surface area contributed by atoms with E-state index in [0.717, 1.165) is 45.0 Å². The zero-order valence-corrected chi connectivity index (χ0v) is 20.1. The first-order valence-corrected chi connectivity index (χ1v) is 10.2. The average Bonchev–Trinajstić information content (AvgIpc) is 3.41. The molecule has 0 amide bonds. The maximum atomic E-state index is 8.99. The van der Waals surface area contributed by atoms with Gasteiger partial charge < -0.3 is 41.7 Å². The Morgan fingerprint density at radius 2 is 0.744 bits per heavy atom. The molecule has 0 aromatic carbocycles. The van der Waals surface area contributed by atoms with E-state index in [2.05, 4.69) is 29.5 Å². The zero-order chi connectivity index (χ0) is 27.7. The number of aromatic nitrogens is 4. The van der Waals surface area contributed by atoms with Gasteiger partial charge in [0, 0.05) is 24.8 Å². The fourth-order valence-electron chi connectivity index (χ4n) is 3.65. The number of hydrogen-bond acceptors (Lipinski definition) is 10. The SMILES string of the molecule is O=[N+]([O-])[O-].O=[N+]([O-])[O-].[Cu+2].[N-]=[N+]=C1c2cccnc2-c2ncccc21.[N-]=[N+]=C1c2cccnc2-c2ncccc21. The number of pyridine rings is 4. The molecule has 4 heterocycles. The largest absolute Gasteiger partial charge is 2.00 e. The molecule has 0 fully saturated rings. The first-order chi connectivity index (χ1) is 18.3. The molecule has 39 heavy (non-hydrogen) atoms.